The van der Waals surface area contributed by atoms with Crippen molar-refractivity contribution in [3.63, 3.8) is 0 Å². The van der Waals surface area contributed by atoms with Gasteiger partial charge < -0.3 is 21.3 Å². The highest BCUT2D eigenvalue weighted by Crippen LogP contribution is 2.21. The lowest BCUT2D eigenvalue weighted by molar-refractivity contribution is -0.141. The van der Waals surface area contributed by atoms with Gasteiger partial charge in [0.2, 0.25) is 11.8 Å². The molecule has 0 spiro atoms. The van der Waals surface area contributed by atoms with Crippen molar-refractivity contribution in [2.24, 2.45) is 11.5 Å². The molecular formula is C33H36N4O3. The van der Waals surface area contributed by atoms with Crippen LogP contribution in [0.3, 0.4) is 0 Å². The van der Waals surface area contributed by atoms with Crippen LogP contribution in [0.4, 0.5) is 0 Å². The predicted molar refractivity (Wildman–Crippen MR) is 158 cm³/mol. The molecule has 7 heteroatoms. The standard InChI is InChI=1S/C33H36N4O3/c1-22(34)26-14-9-15-28(21-26)32(39)37(3)30(20-24-16-17-25-12-7-8-13-27(25)18-24)33(40)36(2)29(31(35)38)19-23-10-5-4-6-11-23/h4-18,21-22,29-30H,19-20,34H2,1-3H3,(H2,35,38). The van der Waals surface area contributed by atoms with Gasteiger partial charge in [-0.2, -0.15) is 0 Å². The van der Waals surface area contributed by atoms with Crippen LogP contribution in [0.25, 0.3) is 10.8 Å². The van der Waals surface area contributed by atoms with Crippen molar-refractivity contribution in [1.29, 1.82) is 0 Å². The number of nitrogens with two attached hydrogens (primary N) is 2. The van der Waals surface area contributed by atoms with Crippen LogP contribution in [0.5, 0.6) is 0 Å². The van der Waals surface area contributed by atoms with Gasteiger partial charge in [0.25, 0.3) is 5.91 Å². The summed E-state index contributed by atoms with van der Waals surface area (Å²) in [6.07, 6.45) is 0.537. The minimum Gasteiger partial charge on any atom is -0.368 e. The van der Waals surface area contributed by atoms with Crippen molar-refractivity contribution in [1.82, 2.24) is 9.80 Å². The topological polar surface area (TPSA) is 110 Å². The maximum Gasteiger partial charge on any atom is 0.254 e. The van der Waals surface area contributed by atoms with E-state index in [0.29, 0.717) is 5.56 Å². The minimum absolute atomic E-state index is 0.242. The van der Waals surface area contributed by atoms with Crippen molar-refractivity contribution in [3.05, 3.63) is 119 Å². The van der Waals surface area contributed by atoms with Gasteiger partial charge in [-0.05, 0) is 46.5 Å². The fraction of sp³-hybridized carbons (Fsp3) is 0.242. The van der Waals surface area contributed by atoms with Gasteiger partial charge in [-0.1, -0.05) is 84.9 Å². The highest BCUT2D eigenvalue weighted by molar-refractivity contribution is 5.98. The molecule has 0 radical (unpaired) electrons. The normalized spacial score (nSPS) is 13.3. The zero-order valence-corrected chi connectivity index (χ0v) is 23.2. The van der Waals surface area contributed by atoms with Gasteiger partial charge >= 0.3 is 0 Å². The third-order valence-corrected chi connectivity index (χ3v) is 7.39. The van der Waals surface area contributed by atoms with E-state index in [9.17, 15) is 14.4 Å². The Kier molecular flexibility index (Phi) is 8.97. The van der Waals surface area contributed by atoms with Crippen LogP contribution in [0.15, 0.2) is 97.1 Å². The summed E-state index contributed by atoms with van der Waals surface area (Å²) < 4.78 is 0. The fourth-order valence-electron chi connectivity index (χ4n) is 4.93. The van der Waals surface area contributed by atoms with Crippen molar-refractivity contribution in [2.75, 3.05) is 14.1 Å². The molecule has 3 unspecified atom stereocenters. The summed E-state index contributed by atoms with van der Waals surface area (Å²) in [5.74, 6) is -1.29. The lowest BCUT2D eigenvalue weighted by Crippen LogP contribution is -2.55. The van der Waals surface area contributed by atoms with Crippen LogP contribution in [-0.2, 0) is 22.4 Å². The van der Waals surface area contributed by atoms with E-state index in [1.165, 1.54) is 9.80 Å². The molecule has 0 aliphatic heterocycles. The van der Waals surface area contributed by atoms with Crippen molar-refractivity contribution >= 4 is 28.5 Å². The number of rotatable bonds is 10. The average molecular weight is 537 g/mol. The van der Waals surface area contributed by atoms with E-state index in [0.717, 1.165) is 27.5 Å². The molecule has 3 atom stereocenters. The van der Waals surface area contributed by atoms with Crippen molar-refractivity contribution in [2.45, 2.75) is 37.9 Å². The number of carbonyl (C=O) groups is 3. The Labute approximate surface area is 235 Å². The largest absolute Gasteiger partial charge is 0.368 e. The van der Waals surface area contributed by atoms with E-state index < -0.39 is 18.0 Å². The number of primary amides is 1. The molecular weight excluding hydrogens is 500 g/mol. The van der Waals surface area contributed by atoms with E-state index in [2.05, 4.69) is 0 Å². The van der Waals surface area contributed by atoms with Crippen LogP contribution in [0.1, 0.15) is 40.0 Å². The quantitative estimate of drug-likeness (QED) is 0.318. The van der Waals surface area contributed by atoms with Crippen LogP contribution < -0.4 is 11.5 Å². The molecule has 0 heterocycles. The second-order valence-electron chi connectivity index (χ2n) is 10.3. The number of benzene rings is 4. The molecule has 0 aliphatic carbocycles. The van der Waals surface area contributed by atoms with Crippen LogP contribution in [-0.4, -0.2) is 53.7 Å². The Balaban J connectivity index is 1.68. The summed E-state index contributed by atoms with van der Waals surface area (Å²) in [6, 6.07) is 28.5. The molecule has 4 aromatic carbocycles. The van der Waals surface area contributed by atoms with E-state index in [4.69, 9.17) is 11.5 Å². The number of hydrogen-bond donors (Lipinski definition) is 2. The second-order valence-corrected chi connectivity index (χ2v) is 10.3. The Morgan fingerprint density at radius 2 is 1.35 bits per heavy atom. The number of nitrogens with zero attached hydrogens (tertiary/aromatic N) is 2. The number of likely N-dealkylation sites (N-methyl/N-ethyl adjacent to an activating group) is 2. The number of fused-ring (bicyclic) bond motifs is 1. The lowest BCUT2D eigenvalue weighted by Gasteiger charge is -2.34. The third kappa shape index (κ3) is 6.55. The second kappa shape index (κ2) is 12.6. The summed E-state index contributed by atoms with van der Waals surface area (Å²) in [5, 5.41) is 2.12. The fourth-order valence-corrected chi connectivity index (χ4v) is 4.93. The molecule has 4 N–H and O–H groups in total. The molecule has 0 fully saturated rings. The summed E-state index contributed by atoms with van der Waals surface area (Å²) in [7, 11) is 3.19. The zero-order valence-electron chi connectivity index (χ0n) is 23.2. The summed E-state index contributed by atoms with van der Waals surface area (Å²) in [6.45, 7) is 1.85. The Morgan fingerprint density at radius 3 is 2.02 bits per heavy atom. The third-order valence-electron chi connectivity index (χ3n) is 7.39. The molecule has 4 aromatic rings. The highest BCUT2D eigenvalue weighted by Gasteiger charge is 2.34. The predicted octanol–water partition coefficient (Wildman–Crippen LogP) is 4.10. The van der Waals surface area contributed by atoms with Gasteiger partial charge in [0.1, 0.15) is 12.1 Å². The molecule has 206 valence electrons. The van der Waals surface area contributed by atoms with Gasteiger partial charge in [0.05, 0.1) is 0 Å². The first-order valence-electron chi connectivity index (χ1n) is 13.4. The van der Waals surface area contributed by atoms with Gasteiger partial charge in [-0.25, -0.2) is 0 Å². The van der Waals surface area contributed by atoms with E-state index in [-0.39, 0.29) is 30.7 Å². The summed E-state index contributed by atoms with van der Waals surface area (Å²) >= 11 is 0. The van der Waals surface area contributed by atoms with Crippen LogP contribution >= 0.6 is 0 Å². The molecule has 4 rings (SSSR count). The van der Waals surface area contributed by atoms with Gasteiger partial charge in [-0.3, -0.25) is 14.4 Å². The molecule has 0 saturated carbocycles. The SMILES string of the molecule is CC(N)c1cccc(C(=O)N(C)C(Cc2ccc3ccccc3c2)C(=O)N(C)C(Cc2ccccc2)C(N)=O)c1. The summed E-state index contributed by atoms with van der Waals surface area (Å²) in [5.41, 5.74) is 14.9. The Morgan fingerprint density at radius 1 is 0.700 bits per heavy atom. The molecule has 3 amide bonds. The Hall–Kier alpha value is -4.49. The van der Waals surface area contributed by atoms with Crippen molar-refractivity contribution in [3.8, 4) is 0 Å². The van der Waals surface area contributed by atoms with Gasteiger partial charge in [-0.15, -0.1) is 0 Å². The maximum atomic E-state index is 14.1. The van der Waals surface area contributed by atoms with E-state index in [1.807, 2.05) is 85.8 Å². The van der Waals surface area contributed by atoms with E-state index >= 15 is 0 Å². The molecule has 0 aliphatic rings. The van der Waals surface area contributed by atoms with Crippen molar-refractivity contribution < 1.29 is 14.4 Å². The minimum atomic E-state index is -0.879. The smallest absolute Gasteiger partial charge is 0.254 e. The van der Waals surface area contributed by atoms with Gasteiger partial charge in [0.15, 0.2) is 0 Å². The van der Waals surface area contributed by atoms with Crippen LogP contribution in [0, 0.1) is 0 Å². The summed E-state index contributed by atoms with van der Waals surface area (Å²) in [4.78, 5) is 43.2. The molecule has 0 saturated heterocycles. The molecule has 0 aromatic heterocycles. The number of hydrogen-bond acceptors (Lipinski definition) is 4. The lowest BCUT2D eigenvalue weighted by atomic mass is 9.98. The zero-order chi connectivity index (χ0) is 28.8. The first-order valence-corrected chi connectivity index (χ1v) is 13.4. The monoisotopic (exact) mass is 536 g/mol. The number of carbonyl (C=O) groups excluding carboxylic acids is 3. The molecule has 40 heavy (non-hydrogen) atoms. The Bertz CT molecular complexity index is 1500. The van der Waals surface area contributed by atoms with Crippen LogP contribution in [0.2, 0.25) is 0 Å². The maximum absolute atomic E-state index is 14.1. The average Bonchev–Trinajstić information content (AvgIpc) is 2.97. The van der Waals surface area contributed by atoms with Gasteiger partial charge in [0, 0.05) is 38.5 Å². The van der Waals surface area contributed by atoms with E-state index in [1.54, 1.807) is 32.3 Å². The number of amides is 3. The molecule has 0 bridgehead atoms. The first kappa shape index (κ1) is 28.5. The molecule has 7 nitrogen and oxygen atoms in total. The first-order chi connectivity index (χ1) is 19.2. The highest BCUT2D eigenvalue weighted by atomic mass is 16.2.